The monoisotopic (exact) mass is 353 g/mol. The predicted octanol–water partition coefficient (Wildman–Crippen LogP) is 2.98. The van der Waals surface area contributed by atoms with E-state index in [1.54, 1.807) is 29.4 Å². The lowest BCUT2D eigenvalue weighted by Gasteiger charge is -2.31. The fourth-order valence-corrected chi connectivity index (χ4v) is 2.85. The van der Waals surface area contributed by atoms with Crippen molar-refractivity contribution >= 4 is 23.6 Å². The maximum Gasteiger partial charge on any atom is 0.323 e. The number of piperidine rings is 1. The number of amides is 3. The van der Waals surface area contributed by atoms with Gasteiger partial charge in [0.15, 0.2) is 0 Å². The topological polar surface area (TPSA) is 87.2 Å². The van der Waals surface area contributed by atoms with Gasteiger partial charge in [-0.3, -0.25) is 10.1 Å². The molecule has 0 spiro atoms. The Bertz CT molecular complexity index is 698. The van der Waals surface area contributed by atoms with E-state index in [-0.39, 0.29) is 17.9 Å². The van der Waals surface area contributed by atoms with E-state index >= 15 is 0 Å². The van der Waals surface area contributed by atoms with Crippen LogP contribution in [0.5, 0.6) is 0 Å². The molecule has 136 valence electrons. The van der Waals surface area contributed by atoms with Crippen molar-refractivity contribution in [2.24, 2.45) is 5.92 Å². The van der Waals surface area contributed by atoms with Gasteiger partial charge in [-0.1, -0.05) is 12.1 Å². The molecule has 7 nitrogen and oxygen atoms in total. The molecule has 1 fully saturated rings. The zero-order valence-electron chi connectivity index (χ0n) is 15.0. The molecule has 3 heterocycles. The van der Waals surface area contributed by atoms with Gasteiger partial charge in [-0.05, 0) is 49.9 Å². The Morgan fingerprint density at radius 2 is 1.46 bits per heavy atom. The maximum atomic E-state index is 12.4. The minimum absolute atomic E-state index is 0.0402. The second-order valence-electron chi connectivity index (χ2n) is 6.62. The van der Waals surface area contributed by atoms with Crippen molar-refractivity contribution in [3.8, 4) is 0 Å². The minimum Gasteiger partial charge on any atom is -0.324 e. The van der Waals surface area contributed by atoms with Gasteiger partial charge in [-0.2, -0.15) is 0 Å². The van der Waals surface area contributed by atoms with Crippen LogP contribution in [0.1, 0.15) is 24.0 Å². The maximum absolute atomic E-state index is 12.4. The molecule has 26 heavy (non-hydrogen) atoms. The standard InChI is InChI=1S/C19H23N5O2/c1-13-3-5-16(20-11-13)22-18(25)15-7-9-24(10-8-15)19(26)23-17-6-4-14(2)12-21-17/h3-6,11-12,15H,7-10H2,1-2H3,(H,20,22,25)(H,21,23,26). The Morgan fingerprint density at radius 3 is 1.96 bits per heavy atom. The number of hydrogen-bond acceptors (Lipinski definition) is 4. The first-order chi connectivity index (χ1) is 12.5. The number of rotatable bonds is 3. The molecule has 2 aromatic heterocycles. The van der Waals surface area contributed by atoms with E-state index in [0.29, 0.717) is 37.6 Å². The van der Waals surface area contributed by atoms with E-state index in [0.717, 1.165) is 11.1 Å². The van der Waals surface area contributed by atoms with E-state index in [9.17, 15) is 9.59 Å². The van der Waals surface area contributed by atoms with E-state index in [2.05, 4.69) is 20.6 Å². The summed E-state index contributed by atoms with van der Waals surface area (Å²) in [5.74, 6) is 0.943. The molecule has 1 aliphatic rings. The van der Waals surface area contributed by atoms with Crippen molar-refractivity contribution < 1.29 is 9.59 Å². The summed E-state index contributed by atoms with van der Waals surface area (Å²) in [5.41, 5.74) is 2.09. The lowest BCUT2D eigenvalue weighted by molar-refractivity contribution is -0.121. The number of hydrogen-bond donors (Lipinski definition) is 2. The highest BCUT2D eigenvalue weighted by Gasteiger charge is 2.27. The molecule has 0 unspecified atom stereocenters. The summed E-state index contributed by atoms with van der Waals surface area (Å²) >= 11 is 0. The van der Waals surface area contributed by atoms with E-state index in [4.69, 9.17) is 0 Å². The fourth-order valence-electron chi connectivity index (χ4n) is 2.85. The van der Waals surface area contributed by atoms with Gasteiger partial charge in [-0.25, -0.2) is 14.8 Å². The minimum atomic E-state index is -0.180. The fraction of sp³-hybridized carbons (Fsp3) is 0.368. The number of urea groups is 1. The highest BCUT2D eigenvalue weighted by atomic mass is 16.2. The van der Waals surface area contributed by atoms with Crippen molar-refractivity contribution in [2.45, 2.75) is 26.7 Å². The molecule has 2 aromatic rings. The number of pyridine rings is 2. The number of carbonyl (C=O) groups excluding carboxylic acids is 2. The number of aryl methyl sites for hydroxylation is 2. The van der Waals surface area contributed by atoms with Gasteiger partial charge in [0.05, 0.1) is 0 Å². The Hall–Kier alpha value is -2.96. The Morgan fingerprint density at radius 1 is 0.923 bits per heavy atom. The van der Waals surface area contributed by atoms with E-state index < -0.39 is 0 Å². The normalized spacial score (nSPS) is 14.8. The van der Waals surface area contributed by atoms with Crippen molar-refractivity contribution in [2.75, 3.05) is 23.7 Å². The third kappa shape index (κ3) is 4.56. The van der Waals surface area contributed by atoms with Crippen LogP contribution >= 0.6 is 0 Å². The zero-order chi connectivity index (χ0) is 18.5. The van der Waals surface area contributed by atoms with Gasteiger partial charge < -0.3 is 10.2 Å². The van der Waals surface area contributed by atoms with Crippen molar-refractivity contribution in [1.82, 2.24) is 14.9 Å². The molecule has 2 N–H and O–H groups in total. The van der Waals surface area contributed by atoms with Crippen LogP contribution in [0.3, 0.4) is 0 Å². The molecule has 0 aromatic carbocycles. The molecule has 1 aliphatic heterocycles. The summed E-state index contributed by atoms with van der Waals surface area (Å²) in [7, 11) is 0. The van der Waals surface area contributed by atoms with Crippen LogP contribution in [0, 0.1) is 19.8 Å². The lowest BCUT2D eigenvalue weighted by Crippen LogP contribution is -2.43. The van der Waals surface area contributed by atoms with Crippen LogP contribution in [-0.2, 0) is 4.79 Å². The smallest absolute Gasteiger partial charge is 0.323 e. The van der Waals surface area contributed by atoms with Gasteiger partial charge in [-0.15, -0.1) is 0 Å². The van der Waals surface area contributed by atoms with Crippen LogP contribution in [0.2, 0.25) is 0 Å². The van der Waals surface area contributed by atoms with Crippen LogP contribution < -0.4 is 10.6 Å². The highest BCUT2D eigenvalue weighted by Crippen LogP contribution is 2.20. The summed E-state index contributed by atoms with van der Waals surface area (Å²) in [5, 5.41) is 5.64. The van der Waals surface area contributed by atoms with Gasteiger partial charge in [0.1, 0.15) is 11.6 Å². The van der Waals surface area contributed by atoms with Crippen LogP contribution in [0.15, 0.2) is 36.7 Å². The van der Waals surface area contributed by atoms with Gasteiger partial charge >= 0.3 is 6.03 Å². The Labute approximate surface area is 152 Å². The summed E-state index contributed by atoms with van der Waals surface area (Å²) in [6.45, 7) is 4.97. The lowest BCUT2D eigenvalue weighted by atomic mass is 9.96. The average Bonchev–Trinajstić information content (AvgIpc) is 2.65. The third-order valence-corrected chi connectivity index (χ3v) is 4.46. The van der Waals surface area contributed by atoms with Crippen molar-refractivity contribution in [3.63, 3.8) is 0 Å². The molecule has 0 aliphatic carbocycles. The number of anilines is 2. The van der Waals surface area contributed by atoms with Crippen LogP contribution in [0.25, 0.3) is 0 Å². The molecule has 7 heteroatoms. The Balaban J connectivity index is 1.48. The summed E-state index contributed by atoms with van der Waals surface area (Å²) < 4.78 is 0. The summed E-state index contributed by atoms with van der Waals surface area (Å²) in [6.07, 6.45) is 4.70. The summed E-state index contributed by atoms with van der Waals surface area (Å²) in [4.78, 5) is 34.8. The number of carbonyl (C=O) groups is 2. The average molecular weight is 353 g/mol. The first-order valence-corrected chi connectivity index (χ1v) is 8.73. The van der Waals surface area contributed by atoms with Gasteiger partial charge in [0, 0.05) is 31.4 Å². The molecule has 1 saturated heterocycles. The van der Waals surface area contributed by atoms with Gasteiger partial charge in [0.2, 0.25) is 5.91 Å². The molecule has 0 atom stereocenters. The zero-order valence-corrected chi connectivity index (χ0v) is 15.0. The molecule has 3 amide bonds. The SMILES string of the molecule is Cc1ccc(NC(=O)C2CCN(C(=O)Nc3ccc(C)cn3)CC2)nc1. The predicted molar refractivity (Wildman–Crippen MR) is 99.9 cm³/mol. The van der Waals surface area contributed by atoms with Crippen molar-refractivity contribution in [3.05, 3.63) is 47.8 Å². The molecular weight excluding hydrogens is 330 g/mol. The molecule has 0 radical (unpaired) electrons. The van der Waals surface area contributed by atoms with Gasteiger partial charge in [0.25, 0.3) is 0 Å². The second-order valence-corrected chi connectivity index (χ2v) is 6.62. The molecule has 3 rings (SSSR count). The van der Waals surface area contributed by atoms with Crippen LogP contribution in [-0.4, -0.2) is 39.9 Å². The first-order valence-electron chi connectivity index (χ1n) is 8.73. The number of nitrogens with zero attached hydrogens (tertiary/aromatic N) is 3. The molecule has 0 saturated carbocycles. The summed E-state index contributed by atoms with van der Waals surface area (Å²) in [6, 6.07) is 7.21. The quantitative estimate of drug-likeness (QED) is 0.888. The third-order valence-electron chi connectivity index (χ3n) is 4.46. The van der Waals surface area contributed by atoms with E-state index in [1.807, 2.05) is 26.0 Å². The molecular formula is C19H23N5O2. The van der Waals surface area contributed by atoms with Crippen LogP contribution in [0.4, 0.5) is 16.4 Å². The highest BCUT2D eigenvalue weighted by molar-refractivity contribution is 5.92. The number of nitrogens with one attached hydrogen (secondary N) is 2. The number of aromatic nitrogens is 2. The second kappa shape index (κ2) is 7.95. The van der Waals surface area contributed by atoms with E-state index in [1.165, 1.54) is 0 Å². The Kier molecular flexibility index (Phi) is 5.46. The number of likely N-dealkylation sites (tertiary alicyclic amines) is 1. The molecule has 0 bridgehead atoms. The largest absolute Gasteiger partial charge is 0.324 e. The first kappa shape index (κ1) is 17.8. The van der Waals surface area contributed by atoms with Crippen molar-refractivity contribution in [1.29, 1.82) is 0 Å².